The minimum Gasteiger partial charge on any atom is -0.495 e. The van der Waals surface area contributed by atoms with Crippen molar-refractivity contribution in [1.82, 2.24) is 5.32 Å². The van der Waals surface area contributed by atoms with E-state index < -0.39 is 15.9 Å². The van der Waals surface area contributed by atoms with Crippen LogP contribution >= 0.6 is 0 Å². The number of nitrogens with one attached hydrogen (secondary N) is 3. The van der Waals surface area contributed by atoms with Crippen LogP contribution in [0.25, 0.3) is 0 Å². The highest BCUT2D eigenvalue weighted by atomic mass is 32.2. The van der Waals surface area contributed by atoms with Crippen LogP contribution in [0.3, 0.4) is 0 Å². The van der Waals surface area contributed by atoms with Crippen LogP contribution in [0.2, 0.25) is 0 Å². The van der Waals surface area contributed by atoms with Gasteiger partial charge in [0.25, 0.3) is 15.9 Å². The maximum absolute atomic E-state index is 13.0. The van der Waals surface area contributed by atoms with Gasteiger partial charge in [-0.3, -0.25) is 14.3 Å². The van der Waals surface area contributed by atoms with Crippen molar-refractivity contribution >= 4 is 33.2 Å². The quantitative estimate of drug-likeness (QED) is 0.484. The summed E-state index contributed by atoms with van der Waals surface area (Å²) in [6.07, 6.45) is 0. The lowest BCUT2D eigenvalue weighted by atomic mass is 10.1. The van der Waals surface area contributed by atoms with Gasteiger partial charge in [0.1, 0.15) is 5.75 Å². The fraction of sp³-hybridized carbons (Fsp3) is 0.130. The first-order valence-electron chi connectivity index (χ1n) is 9.70. The molecule has 2 amide bonds. The second kappa shape index (κ2) is 9.97. The van der Waals surface area contributed by atoms with Crippen molar-refractivity contribution in [1.29, 1.82) is 0 Å². The molecule has 3 aromatic rings. The van der Waals surface area contributed by atoms with Gasteiger partial charge in [0, 0.05) is 19.5 Å². The maximum Gasteiger partial charge on any atom is 0.262 e. The molecule has 166 valence electrons. The molecule has 0 aliphatic rings. The van der Waals surface area contributed by atoms with Gasteiger partial charge >= 0.3 is 0 Å². The molecule has 9 heteroatoms. The van der Waals surface area contributed by atoms with Gasteiger partial charge in [0.05, 0.1) is 28.9 Å². The predicted octanol–water partition coefficient (Wildman–Crippen LogP) is 3.38. The second-order valence-corrected chi connectivity index (χ2v) is 8.55. The molecule has 0 aliphatic heterocycles. The molecule has 0 atom stereocenters. The van der Waals surface area contributed by atoms with E-state index in [2.05, 4.69) is 15.4 Å². The summed E-state index contributed by atoms with van der Waals surface area (Å²) in [5.41, 5.74) is 1.60. The van der Waals surface area contributed by atoms with Gasteiger partial charge in [0.2, 0.25) is 5.91 Å². The first kappa shape index (κ1) is 22.8. The Morgan fingerprint density at radius 2 is 1.59 bits per heavy atom. The molecule has 3 aromatic carbocycles. The Kier molecular flexibility index (Phi) is 7.11. The summed E-state index contributed by atoms with van der Waals surface area (Å²) >= 11 is 0. The Hall–Kier alpha value is -3.85. The third kappa shape index (κ3) is 5.64. The van der Waals surface area contributed by atoms with Crippen LogP contribution in [0.4, 0.5) is 11.4 Å². The average molecular weight is 454 g/mol. The molecule has 0 unspecified atom stereocenters. The number of hydrogen-bond donors (Lipinski definition) is 3. The molecule has 0 bridgehead atoms. The molecule has 0 radical (unpaired) electrons. The number of methoxy groups -OCH3 is 1. The summed E-state index contributed by atoms with van der Waals surface area (Å²) in [4.78, 5) is 23.9. The predicted molar refractivity (Wildman–Crippen MR) is 122 cm³/mol. The monoisotopic (exact) mass is 453 g/mol. The smallest absolute Gasteiger partial charge is 0.262 e. The van der Waals surface area contributed by atoms with Crippen LogP contribution in [-0.4, -0.2) is 27.3 Å². The molecule has 0 fully saturated rings. The summed E-state index contributed by atoms with van der Waals surface area (Å²) in [5, 5.41) is 5.36. The van der Waals surface area contributed by atoms with Crippen molar-refractivity contribution in [2.75, 3.05) is 17.1 Å². The van der Waals surface area contributed by atoms with E-state index in [1.807, 2.05) is 30.3 Å². The number of carbonyl (C=O) groups excluding carboxylic acids is 2. The normalized spacial score (nSPS) is 10.8. The Bertz CT molecular complexity index is 1230. The number of carbonyl (C=O) groups is 2. The zero-order valence-electron chi connectivity index (χ0n) is 17.6. The zero-order chi connectivity index (χ0) is 23.1. The van der Waals surface area contributed by atoms with Gasteiger partial charge in [-0.15, -0.1) is 0 Å². The molecule has 3 N–H and O–H groups in total. The van der Waals surface area contributed by atoms with Crippen LogP contribution in [0, 0.1) is 0 Å². The van der Waals surface area contributed by atoms with E-state index in [1.54, 1.807) is 18.2 Å². The van der Waals surface area contributed by atoms with Crippen molar-refractivity contribution < 1.29 is 22.7 Å². The number of rotatable bonds is 8. The Balaban J connectivity index is 1.82. The molecule has 3 rings (SSSR count). The lowest BCUT2D eigenvalue weighted by Gasteiger charge is -2.14. The number of sulfonamides is 1. The van der Waals surface area contributed by atoms with Gasteiger partial charge in [-0.05, 0) is 29.8 Å². The number of ether oxygens (including phenoxy) is 1. The van der Waals surface area contributed by atoms with Gasteiger partial charge < -0.3 is 15.4 Å². The van der Waals surface area contributed by atoms with Crippen LogP contribution in [0.1, 0.15) is 22.8 Å². The summed E-state index contributed by atoms with van der Waals surface area (Å²) in [6.45, 7) is 1.65. The average Bonchev–Trinajstić information content (AvgIpc) is 2.78. The molecule has 0 spiro atoms. The molecule has 0 aromatic heterocycles. The highest BCUT2D eigenvalue weighted by Crippen LogP contribution is 2.29. The van der Waals surface area contributed by atoms with Crippen LogP contribution in [0.5, 0.6) is 5.75 Å². The molecule has 0 aliphatic carbocycles. The zero-order valence-corrected chi connectivity index (χ0v) is 18.4. The van der Waals surface area contributed by atoms with Crippen LogP contribution < -0.4 is 20.1 Å². The van der Waals surface area contributed by atoms with Gasteiger partial charge in [-0.2, -0.15) is 0 Å². The topological polar surface area (TPSA) is 114 Å². The van der Waals surface area contributed by atoms with Gasteiger partial charge in [0.15, 0.2) is 0 Å². The minimum absolute atomic E-state index is 0.0806. The highest BCUT2D eigenvalue weighted by Gasteiger charge is 2.20. The Labute approximate surface area is 186 Å². The summed E-state index contributed by atoms with van der Waals surface area (Å²) < 4.78 is 33.6. The number of anilines is 2. The van der Waals surface area contributed by atoms with Crippen molar-refractivity contribution in [3.63, 3.8) is 0 Å². The molecular weight excluding hydrogens is 430 g/mol. The van der Waals surface area contributed by atoms with E-state index in [0.29, 0.717) is 12.2 Å². The Morgan fingerprint density at radius 3 is 2.28 bits per heavy atom. The van der Waals surface area contributed by atoms with E-state index in [0.717, 1.165) is 5.56 Å². The van der Waals surface area contributed by atoms with E-state index in [4.69, 9.17) is 4.74 Å². The maximum atomic E-state index is 13.0. The summed E-state index contributed by atoms with van der Waals surface area (Å²) in [6, 6.07) is 19.8. The first-order valence-corrected chi connectivity index (χ1v) is 11.2. The number of para-hydroxylation sites is 1. The van der Waals surface area contributed by atoms with Crippen molar-refractivity contribution in [3.05, 3.63) is 83.9 Å². The van der Waals surface area contributed by atoms with Crippen molar-refractivity contribution in [3.8, 4) is 5.75 Å². The van der Waals surface area contributed by atoms with Crippen LogP contribution in [-0.2, 0) is 21.4 Å². The molecular formula is C23H23N3O5S. The lowest BCUT2D eigenvalue weighted by molar-refractivity contribution is -0.114. The van der Waals surface area contributed by atoms with Gasteiger partial charge in [-0.25, -0.2) is 8.42 Å². The molecule has 0 saturated carbocycles. The third-order valence-corrected chi connectivity index (χ3v) is 5.87. The SMILES string of the molecule is COc1cc(S(=O)(=O)Nc2ccccc2C(=O)NCc2ccccc2)ccc1NC(C)=O. The number of amides is 2. The van der Waals surface area contributed by atoms with E-state index in [-0.39, 0.29) is 27.8 Å². The summed E-state index contributed by atoms with van der Waals surface area (Å²) in [5.74, 6) is -0.532. The second-order valence-electron chi connectivity index (χ2n) is 6.86. The van der Waals surface area contributed by atoms with E-state index >= 15 is 0 Å². The molecule has 8 nitrogen and oxygen atoms in total. The molecule has 0 heterocycles. The molecule has 32 heavy (non-hydrogen) atoms. The minimum atomic E-state index is -4.04. The standard InChI is InChI=1S/C23H23N3O5S/c1-16(27)25-21-13-12-18(14-22(21)31-2)32(29,30)26-20-11-7-6-10-19(20)23(28)24-15-17-8-4-3-5-9-17/h3-14,26H,15H2,1-2H3,(H,24,28)(H,25,27). The number of benzene rings is 3. The Morgan fingerprint density at radius 1 is 0.906 bits per heavy atom. The summed E-state index contributed by atoms with van der Waals surface area (Å²) in [7, 11) is -2.67. The van der Waals surface area contributed by atoms with Crippen molar-refractivity contribution in [2.24, 2.45) is 0 Å². The van der Waals surface area contributed by atoms with Gasteiger partial charge in [-0.1, -0.05) is 42.5 Å². The largest absolute Gasteiger partial charge is 0.495 e. The molecule has 0 saturated heterocycles. The van der Waals surface area contributed by atoms with E-state index in [9.17, 15) is 18.0 Å². The fourth-order valence-electron chi connectivity index (χ4n) is 2.98. The number of hydrogen-bond acceptors (Lipinski definition) is 5. The fourth-order valence-corrected chi connectivity index (χ4v) is 4.07. The van der Waals surface area contributed by atoms with Crippen molar-refractivity contribution in [2.45, 2.75) is 18.4 Å². The van der Waals surface area contributed by atoms with Crippen LogP contribution in [0.15, 0.2) is 77.7 Å². The van der Waals surface area contributed by atoms with E-state index in [1.165, 1.54) is 38.3 Å². The first-order chi connectivity index (χ1) is 15.3. The highest BCUT2D eigenvalue weighted by molar-refractivity contribution is 7.92. The third-order valence-electron chi connectivity index (χ3n) is 4.51. The lowest BCUT2D eigenvalue weighted by Crippen LogP contribution is -2.25.